The van der Waals surface area contributed by atoms with Crippen LogP contribution in [0.1, 0.15) is 91.4 Å². The molecule has 1 aliphatic carbocycles. The third-order valence-electron chi connectivity index (χ3n) is 6.48. The highest BCUT2D eigenvalue weighted by Crippen LogP contribution is 2.41. The van der Waals surface area contributed by atoms with Crippen molar-refractivity contribution in [2.45, 2.75) is 104 Å². The Balaban J connectivity index is 2.21. The molecule has 6 heteroatoms. The van der Waals surface area contributed by atoms with E-state index in [9.17, 15) is 15.0 Å². The number of aliphatic hydroxyl groups excluding tert-OH is 2. The Bertz CT molecular complexity index is 507. The van der Waals surface area contributed by atoms with E-state index in [4.69, 9.17) is 14.2 Å². The van der Waals surface area contributed by atoms with Crippen LogP contribution in [0.15, 0.2) is 12.2 Å². The number of ether oxygens (including phenoxy) is 3. The lowest BCUT2D eigenvalue weighted by Crippen LogP contribution is -2.23. The number of unbranched alkanes of at least 4 members (excludes halogenated alkanes) is 5. The lowest BCUT2D eigenvalue weighted by atomic mass is 9.84. The molecule has 0 aliphatic heterocycles. The van der Waals surface area contributed by atoms with Crippen LogP contribution < -0.4 is 0 Å². The van der Waals surface area contributed by atoms with Crippen LogP contribution >= 0.6 is 0 Å². The summed E-state index contributed by atoms with van der Waals surface area (Å²) >= 11 is 0. The van der Waals surface area contributed by atoms with Crippen molar-refractivity contribution in [2.24, 2.45) is 17.8 Å². The second kappa shape index (κ2) is 19.4. The molecule has 0 aromatic heterocycles. The van der Waals surface area contributed by atoms with Gasteiger partial charge >= 0.3 is 5.97 Å². The Morgan fingerprint density at radius 1 is 0.970 bits per heavy atom. The average molecular weight is 471 g/mol. The van der Waals surface area contributed by atoms with E-state index >= 15 is 0 Å². The molecule has 194 valence electrons. The molecule has 4 atom stereocenters. The normalized spacial score (nSPS) is 23.1. The highest BCUT2D eigenvalue weighted by Gasteiger charge is 2.40. The van der Waals surface area contributed by atoms with Crippen molar-refractivity contribution in [3.05, 3.63) is 12.2 Å². The molecule has 0 aromatic rings. The maximum Gasteiger partial charge on any atom is 0.306 e. The zero-order valence-corrected chi connectivity index (χ0v) is 21.4. The molecule has 0 radical (unpaired) electrons. The Hall–Kier alpha value is -0.950. The number of carbonyl (C=O) groups excluding carboxylic acids is 1. The monoisotopic (exact) mass is 470 g/mol. The molecule has 2 unspecified atom stereocenters. The van der Waals surface area contributed by atoms with Crippen LogP contribution in [-0.2, 0) is 19.0 Å². The van der Waals surface area contributed by atoms with Crippen LogP contribution in [0.2, 0.25) is 0 Å². The summed E-state index contributed by atoms with van der Waals surface area (Å²) in [4.78, 5) is 11.6. The van der Waals surface area contributed by atoms with E-state index in [0.29, 0.717) is 32.7 Å². The van der Waals surface area contributed by atoms with Gasteiger partial charge in [-0.2, -0.15) is 0 Å². The Morgan fingerprint density at radius 3 is 2.39 bits per heavy atom. The summed E-state index contributed by atoms with van der Waals surface area (Å²) < 4.78 is 16.6. The molecule has 1 rings (SSSR count). The average Bonchev–Trinajstić information content (AvgIpc) is 3.08. The summed E-state index contributed by atoms with van der Waals surface area (Å²) in [5, 5.41) is 20.3. The van der Waals surface area contributed by atoms with Crippen molar-refractivity contribution >= 4 is 5.97 Å². The number of allylic oxidation sites excluding steroid dienone is 2. The minimum absolute atomic E-state index is 0.0647. The van der Waals surface area contributed by atoms with E-state index in [2.05, 4.69) is 19.1 Å². The van der Waals surface area contributed by atoms with Gasteiger partial charge in [0.05, 0.1) is 25.4 Å². The van der Waals surface area contributed by atoms with Crippen LogP contribution in [0.25, 0.3) is 0 Å². The summed E-state index contributed by atoms with van der Waals surface area (Å²) in [5.74, 6) is 0.391. The van der Waals surface area contributed by atoms with Crippen molar-refractivity contribution in [3.63, 3.8) is 0 Å². The molecule has 1 aliphatic rings. The first-order chi connectivity index (χ1) is 16.0. The Kier molecular flexibility index (Phi) is 17.7. The van der Waals surface area contributed by atoms with Crippen LogP contribution in [-0.4, -0.2) is 61.4 Å². The largest absolute Gasteiger partial charge is 0.463 e. The fourth-order valence-corrected chi connectivity index (χ4v) is 4.69. The molecular weight excluding hydrogens is 420 g/mol. The number of carbonyl (C=O) groups is 1. The maximum absolute atomic E-state index is 11.6. The summed E-state index contributed by atoms with van der Waals surface area (Å²) in [5.41, 5.74) is 0. The van der Waals surface area contributed by atoms with Gasteiger partial charge in [-0.25, -0.2) is 0 Å². The van der Waals surface area contributed by atoms with Crippen molar-refractivity contribution < 1.29 is 29.2 Å². The summed E-state index contributed by atoms with van der Waals surface area (Å²) in [7, 11) is 0. The SMILES string of the molecule is CCCCCCCOCCOCC[C@H]1C(CO)C[C@H](O)C1CC=CCCCC(=O)OC(C)C. The molecule has 2 N–H and O–H groups in total. The number of hydrogen-bond donors (Lipinski definition) is 2. The lowest BCUT2D eigenvalue weighted by molar-refractivity contribution is -0.147. The summed E-state index contributed by atoms with van der Waals surface area (Å²) in [6.07, 6.45) is 14.3. The van der Waals surface area contributed by atoms with Crippen LogP contribution in [0.5, 0.6) is 0 Å². The second-order valence-electron chi connectivity index (χ2n) is 9.64. The fraction of sp³-hybridized carbons (Fsp3) is 0.889. The first-order valence-corrected chi connectivity index (χ1v) is 13.3. The van der Waals surface area contributed by atoms with Gasteiger partial charge in [0.1, 0.15) is 0 Å². The van der Waals surface area contributed by atoms with Gasteiger partial charge in [0.2, 0.25) is 0 Å². The van der Waals surface area contributed by atoms with Crippen molar-refractivity contribution in [1.29, 1.82) is 0 Å². The quantitative estimate of drug-likeness (QED) is 0.147. The minimum Gasteiger partial charge on any atom is -0.463 e. The molecular formula is C27H50O6. The van der Waals surface area contributed by atoms with Gasteiger partial charge in [-0.05, 0) is 70.1 Å². The van der Waals surface area contributed by atoms with Crippen LogP contribution in [0.3, 0.4) is 0 Å². The predicted molar refractivity (Wildman–Crippen MR) is 132 cm³/mol. The van der Waals surface area contributed by atoms with Gasteiger partial charge in [-0.15, -0.1) is 0 Å². The standard InChI is InChI=1S/C27H50O6/c1-4-5-6-9-12-16-31-18-19-32-17-15-24-23(21-28)20-26(29)25(24)13-10-7-8-11-14-27(30)33-22(2)3/h7,10,22-26,28-29H,4-6,8-9,11-21H2,1-3H3/t23?,24-,25?,26-/m0/s1. The fourth-order valence-electron chi connectivity index (χ4n) is 4.69. The topological polar surface area (TPSA) is 85.2 Å². The molecule has 0 bridgehead atoms. The van der Waals surface area contributed by atoms with E-state index in [-0.39, 0.29) is 42.5 Å². The first kappa shape index (κ1) is 30.1. The van der Waals surface area contributed by atoms with E-state index in [1.54, 1.807) is 0 Å². The van der Waals surface area contributed by atoms with Gasteiger partial charge in [0.25, 0.3) is 0 Å². The Labute approximate surface area is 202 Å². The lowest BCUT2D eigenvalue weighted by Gasteiger charge is -2.24. The predicted octanol–water partition coefficient (Wildman–Crippen LogP) is 5.05. The molecule has 0 saturated heterocycles. The highest BCUT2D eigenvalue weighted by molar-refractivity contribution is 5.69. The van der Waals surface area contributed by atoms with Crippen LogP contribution in [0, 0.1) is 17.8 Å². The van der Waals surface area contributed by atoms with Gasteiger partial charge in [0.15, 0.2) is 0 Å². The smallest absolute Gasteiger partial charge is 0.306 e. The van der Waals surface area contributed by atoms with Gasteiger partial charge in [-0.3, -0.25) is 4.79 Å². The van der Waals surface area contributed by atoms with E-state index < -0.39 is 0 Å². The van der Waals surface area contributed by atoms with Crippen molar-refractivity contribution in [2.75, 3.05) is 33.0 Å². The Morgan fingerprint density at radius 2 is 1.70 bits per heavy atom. The van der Waals surface area contributed by atoms with Gasteiger partial charge < -0.3 is 24.4 Å². The molecule has 0 aromatic carbocycles. The summed E-state index contributed by atoms with van der Waals surface area (Å²) in [6.45, 7) is 8.71. The third-order valence-corrected chi connectivity index (χ3v) is 6.48. The number of hydrogen-bond acceptors (Lipinski definition) is 6. The number of esters is 1. The molecule has 6 nitrogen and oxygen atoms in total. The van der Waals surface area contributed by atoms with E-state index in [1.165, 1.54) is 25.7 Å². The molecule has 1 fully saturated rings. The highest BCUT2D eigenvalue weighted by atomic mass is 16.5. The van der Waals surface area contributed by atoms with Gasteiger partial charge in [0, 0.05) is 26.2 Å². The molecule has 1 saturated carbocycles. The third kappa shape index (κ3) is 14.1. The van der Waals surface area contributed by atoms with E-state index in [0.717, 1.165) is 38.7 Å². The molecule has 0 amide bonds. The number of rotatable bonds is 20. The van der Waals surface area contributed by atoms with Crippen molar-refractivity contribution in [1.82, 2.24) is 0 Å². The summed E-state index contributed by atoms with van der Waals surface area (Å²) in [6, 6.07) is 0. The molecule has 0 heterocycles. The molecule has 0 spiro atoms. The minimum atomic E-state index is -0.381. The van der Waals surface area contributed by atoms with Crippen molar-refractivity contribution in [3.8, 4) is 0 Å². The van der Waals surface area contributed by atoms with Crippen LogP contribution in [0.4, 0.5) is 0 Å². The van der Waals surface area contributed by atoms with Gasteiger partial charge in [-0.1, -0.05) is 44.8 Å². The zero-order chi connectivity index (χ0) is 24.3. The zero-order valence-electron chi connectivity index (χ0n) is 21.4. The maximum atomic E-state index is 11.6. The number of aliphatic hydroxyl groups is 2. The molecule has 33 heavy (non-hydrogen) atoms. The second-order valence-corrected chi connectivity index (χ2v) is 9.64. The van der Waals surface area contributed by atoms with E-state index in [1.807, 2.05) is 13.8 Å². The first-order valence-electron chi connectivity index (χ1n) is 13.3.